The minimum atomic E-state index is -0.429. The molecule has 0 fully saturated rings. The molecule has 1 aromatic heterocycles. The SMILES string of the molecule is COc1ccc(CC(=O)OCC(=O)N2CCc3cc(-c4csc(C)n4)ccc32)cc1. The summed E-state index contributed by atoms with van der Waals surface area (Å²) in [5, 5.41) is 3.07. The molecule has 0 N–H and O–H groups in total. The molecule has 0 unspecified atom stereocenters. The molecule has 0 saturated heterocycles. The molecule has 0 spiro atoms. The number of hydrogen-bond donors (Lipinski definition) is 0. The summed E-state index contributed by atoms with van der Waals surface area (Å²) in [5.41, 5.74) is 4.80. The number of nitrogens with zero attached hydrogens (tertiary/aromatic N) is 2. The molecule has 7 heteroatoms. The summed E-state index contributed by atoms with van der Waals surface area (Å²) in [7, 11) is 1.59. The average molecular weight is 423 g/mol. The molecule has 154 valence electrons. The molecule has 0 bridgehead atoms. The van der Waals surface area contributed by atoms with Gasteiger partial charge in [0.1, 0.15) is 5.75 Å². The largest absolute Gasteiger partial charge is 0.497 e. The zero-order chi connectivity index (χ0) is 21.1. The number of thiazole rings is 1. The predicted molar refractivity (Wildman–Crippen MR) is 116 cm³/mol. The van der Waals surface area contributed by atoms with E-state index in [1.54, 1.807) is 47.6 Å². The zero-order valence-electron chi connectivity index (χ0n) is 16.9. The lowest BCUT2D eigenvalue weighted by Crippen LogP contribution is -2.33. The van der Waals surface area contributed by atoms with Crippen LogP contribution in [0.15, 0.2) is 47.8 Å². The number of fused-ring (bicyclic) bond motifs is 1. The lowest BCUT2D eigenvalue weighted by atomic mass is 10.1. The zero-order valence-corrected chi connectivity index (χ0v) is 17.7. The maximum atomic E-state index is 12.6. The fourth-order valence-corrected chi connectivity index (χ4v) is 4.12. The van der Waals surface area contributed by atoms with Crippen LogP contribution >= 0.6 is 11.3 Å². The van der Waals surface area contributed by atoms with Crippen LogP contribution in [0.5, 0.6) is 5.75 Å². The highest BCUT2D eigenvalue weighted by Gasteiger charge is 2.26. The second-order valence-electron chi connectivity index (χ2n) is 7.08. The first kappa shape index (κ1) is 20.1. The Morgan fingerprint density at radius 1 is 1.17 bits per heavy atom. The van der Waals surface area contributed by atoms with Crippen LogP contribution in [0.1, 0.15) is 16.1 Å². The molecule has 2 aromatic carbocycles. The van der Waals surface area contributed by atoms with Crippen molar-refractivity contribution in [3.8, 4) is 17.0 Å². The second-order valence-corrected chi connectivity index (χ2v) is 8.14. The first-order valence-corrected chi connectivity index (χ1v) is 10.6. The molecule has 30 heavy (non-hydrogen) atoms. The standard InChI is InChI=1S/C23H22N2O4S/c1-15-24-20(14-30-15)17-5-8-21-18(12-17)9-10-25(21)22(26)13-29-23(27)11-16-3-6-19(28-2)7-4-16/h3-8,12,14H,9-11,13H2,1-2H3. The summed E-state index contributed by atoms with van der Waals surface area (Å²) in [5.74, 6) is 0.0827. The molecular formula is C23H22N2O4S. The smallest absolute Gasteiger partial charge is 0.310 e. The van der Waals surface area contributed by atoms with Crippen LogP contribution < -0.4 is 9.64 Å². The quantitative estimate of drug-likeness (QED) is 0.565. The Hall–Kier alpha value is -3.19. The molecule has 4 rings (SSSR count). The van der Waals surface area contributed by atoms with Crippen molar-refractivity contribution in [2.75, 3.05) is 25.2 Å². The van der Waals surface area contributed by atoms with E-state index in [0.29, 0.717) is 6.54 Å². The number of carbonyl (C=O) groups excluding carboxylic acids is 2. The number of benzene rings is 2. The van der Waals surface area contributed by atoms with Crippen molar-refractivity contribution in [1.82, 2.24) is 4.98 Å². The van der Waals surface area contributed by atoms with Crippen molar-refractivity contribution in [2.45, 2.75) is 19.8 Å². The Labute approximate surface area is 179 Å². The molecule has 2 heterocycles. The van der Waals surface area contributed by atoms with E-state index in [4.69, 9.17) is 9.47 Å². The van der Waals surface area contributed by atoms with E-state index in [-0.39, 0.29) is 18.9 Å². The molecule has 1 aliphatic heterocycles. The van der Waals surface area contributed by atoms with E-state index in [0.717, 1.165) is 45.2 Å². The Bertz CT molecular complexity index is 1080. The highest BCUT2D eigenvalue weighted by atomic mass is 32.1. The van der Waals surface area contributed by atoms with Gasteiger partial charge in [-0.25, -0.2) is 4.98 Å². The van der Waals surface area contributed by atoms with E-state index >= 15 is 0 Å². The van der Waals surface area contributed by atoms with Gasteiger partial charge < -0.3 is 14.4 Å². The maximum absolute atomic E-state index is 12.6. The number of carbonyl (C=O) groups is 2. The number of aryl methyl sites for hydroxylation is 1. The van der Waals surface area contributed by atoms with Crippen LogP contribution in [0.25, 0.3) is 11.3 Å². The van der Waals surface area contributed by atoms with E-state index in [1.807, 2.05) is 24.4 Å². The lowest BCUT2D eigenvalue weighted by molar-refractivity contribution is -0.147. The molecule has 6 nitrogen and oxygen atoms in total. The summed E-state index contributed by atoms with van der Waals surface area (Å²) >= 11 is 1.62. The van der Waals surface area contributed by atoms with Crippen molar-refractivity contribution < 1.29 is 19.1 Å². The summed E-state index contributed by atoms with van der Waals surface area (Å²) in [4.78, 5) is 30.9. The normalized spacial score (nSPS) is 12.5. The number of rotatable bonds is 6. The number of methoxy groups -OCH3 is 1. The summed E-state index contributed by atoms with van der Waals surface area (Å²) in [6.45, 7) is 2.31. The molecule has 0 aliphatic carbocycles. The van der Waals surface area contributed by atoms with Gasteiger partial charge in [0.05, 0.1) is 24.2 Å². The topological polar surface area (TPSA) is 68.7 Å². The lowest BCUT2D eigenvalue weighted by Gasteiger charge is -2.17. The average Bonchev–Trinajstić information content (AvgIpc) is 3.38. The van der Waals surface area contributed by atoms with E-state index in [2.05, 4.69) is 11.1 Å². The molecule has 0 atom stereocenters. The van der Waals surface area contributed by atoms with Crippen LogP contribution in [0.3, 0.4) is 0 Å². The van der Waals surface area contributed by atoms with Gasteiger partial charge in [-0.15, -0.1) is 11.3 Å². The minimum absolute atomic E-state index is 0.115. The van der Waals surface area contributed by atoms with Gasteiger partial charge in [0.2, 0.25) is 0 Å². The van der Waals surface area contributed by atoms with Crippen LogP contribution in [-0.4, -0.2) is 37.1 Å². The van der Waals surface area contributed by atoms with E-state index in [1.165, 1.54) is 0 Å². The highest BCUT2D eigenvalue weighted by Crippen LogP contribution is 2.32. The van der Waals surface area contributed by atoms with Crippen molar-refractivity contribution in [2.24, 2.45) is 0 Å². The van der Waals surface area contributed by atoms with Crippen LogP contribution in [0, 0.1) is 6.92 Å². The monoisotopic (exact) mass is 422 g/mol. The second kappa shape index (κ2) is 8.67. The summed E-state index contributed by atoms with van der Waals surface area (Å²) in [6.07, 6.45) is 0.891. The molecule has 0 radical (unpaired) electrons. The number of hydrogen-bond acceptors (Lipinski definition) is 6. The van der Waals surface area contributed by atoms with Gasteiger partial charge in [0.25, 0.3) is 5.91 Å². The Morgan fingerprint density at radius 3 is 2.67 bits per heavy atom. The van der Waals surface area contributed by atoms with Gasteiger partial charge >= 0.3 is 5.97 Å². The number of aromatic nitrogens is 1. The Morgan fingerprint density at radius 2 is 1.97 bits per heavy atom. The van der Waals surface area contributed by atoms with Gasteiger partial charge in [-0.3, -0.25) is 9.59 Å². The van der Waals surface area contributed by atoms with Crippen LogP contribution in [0.2, 0.25) is 0 Å². The van der Waals surface area contributed by atoms with Crippen LogP contribution in [-0.2, 0) is 27.2 Å². The van der Waals surface area contributed by atoms with Crippen molar-refractivity contribution >= 4 is 28.9 Å². The third kappa shape index (κ3) is 4.36. The number of anilines is 1. The molecule has 1 aliphatic rings. The number of esters is 1. The fraction of sp³-hybridized carbons (Fsp3) is 0.261. The van der Waals surface area contributed by atoms with Crippen molar-refractivity contribution in [1.29, 1.82) is 0 Å². The summed E-state index contributed by atoms with van der Waals surface area (Å²) < 4.78 is 10.3. The maximum Gasteiger partial charge on any atom is 0.310 e. The number of amides is 1. The van der Waals surface area contributed by atoms with Gasteiger partial charge in [0, 0.05) is 23.2 Å². The van der Waals surface area contributed by atoms with E-state index < -0.39 is 5.97 Å². The first-order valence-electron chi connectivity index (χ1n) is 9.68. The predicted octanol–water partition coefficient (Wildman–Crippen LogP) is 3.80. The highest BCUT2D eigenvalue weighted by molar-refractivity contribution is 7.09. The summed E-state index contributed by atoms with van der Waals surface area (Å²) in [6, 6.07) is 13.2. The number of ether oxygens (including phenoxy) is 2. The van der Waals surface area contributed by atoms with Crippen molar-refractivity contribution in [3.05, 3.63) is 64.0 Å². The Balaban J connectivity index is 1.35. The van der Waals surface area contributed by atoms with Crippen LogP contribution in [0.4, 0.5) is 5.69 Å². The minimum Gasteiger partial charge on any atom is -0.497 e. The molecule has 1 amide bonds. The van der Waals surface area contributed by atoms with Gasteiger partial charge in [-0.05, 0) is 48.7 Å². The first-order chi connectivity index (χ1) is 14.5. The molecule has 3 aromatic rings. The van der Waals surface area contributed by atoms with E-state index in [9.17, 15) is 9.59 Å². The van der Waals surface area contributed by atoms with Crippen molar-refractivity contribution in [3.63, 3.8) is 0 Å². The Kier molecular flexibility index (Phi) is 5.81. The van der Waals surface area contributed by atoms with Gasteiger partial charge in [-0.1, -0.05) is 18.2 Å². The van der Waals surface area contributed by atoms with Gasteiger partial charge in [-0.2, -0.15) is 0 Å². The fourth-order valence-electron chi connectivity index (χ4n) is 3.50. The van der Waals surface area contributed by atoms with Gasteiger partial charge in [0.15, 0.2) is 6.61 Å². The molecule has 0 saturated carbocycles. The third-order valence-electron chi connectivity index (χ3n) is 5.06. The molecular weight excluding hydrogens is 400 g/mol. The third-order valence-corrected chi connectivity index (χ3v) is 5.83.